The first-order valence-corrected chi connectivity index (χ1v) is 5.68. The molecule has 94 valence electrons. The number of aromatic nitrogens is 2. The maximum Gasteiger partial charge on any atom is 0.417 e. The van der Waals surface area contributed by atoms with E-state index < -0.39 is 6.09 Å². The quantitative estimate of drug-likeness (QED) is 0.761. The fourth-order valence-corrected chi connectivity index (χ4v) is 1.86. The van der Waals surface area contributed by atoms with Crippen LogP contribution in [-0.4, -0.2) is 20.8 Å². The van der Waals surface area contributed by atoms with Gasteiger partial charge < -0.3 is 9.84 Å². The summed E-state index contributed by atoms with van der Waals surface area (Å²) in [5.74, 6) is 1.21. The van der Waals surface area contributed by atoms with Gasteiger partial charge in [-0.25, -0.2) is 14.3 Å². The molecule has 1 N–H and O–H groups in total. The second-order valence-electron chi connectivity index (χ2n) is 3.94. The summed E-state index contributed by atoms with van der Waals surface area (Å²) in [7, 11) is 0. The van der Waals surface area contributed by atoms with Crippen molar-refractivity contribution in [1.29, 1.82) is 0 Å². The summed E-state index contributed by atoms with van der Waals surface area (Å²) in [4.78, 5) is 15.1. The molecule has 0 unspecified atom stereocenters. The van der Waals surface area contributed by atoms with Crippen molar-refractivity contribution in [1.82, 2.24) is 9.55 Å². The highest BCUT2D eigenvalue weighted by atomic mass is 16.5. The second kappa shape index (κ2) is 4.45. The number of imidazole rings is 1. The molecule has 0 aliphatic rings. The average Bonchev–Trinajstić information content (AvgIpc) is 2.85. The van der Waals surface area contributed by atoms with E-state index >= 15 is 0 Å². The van der Waals surface area contributed by atoms with Crippen LogP contribution in [0, 0.1) is 0 Å². The molecule has 0 saturated carbocycles. The Bertz CT molecular complexity index is 735. The number of ether oxygens (including phenoxy) is 1. The number of nitrogens with zero attached hydrogens (tertiary/aromatic N) is 2. The van der Waals surface area contributed by atoms with Gasteiger partial charge in [0.15, 0.2) is 5.75 Å². The standard InChI is InChI=1S/C14H10N2O3/c17-14(18)16-9-15-13-11(16)7-4-8-12(13)19-10-5-2-1-3-6-10/h1-9H,(H,17,18). The SMILES string of the molecule is O=C(O)n1cnc2c(Oc3ccccc3)cccc21. The van der Waals surface area contributed by atoms with E-state index in [2.05, 4.69) is 4.98 Å². The molecule has 2 aromatic carbocycles. The van der Waals surface area contributed by atoms with E-state index in [-0.39, 0.29) is 0 Å². The summed E-state index contributed by atoms with van der Waals surface area (Å²) in [6, 6.07) is 14.5. The van der Waals surface area contributed by atoms with Gasteiger partial charge in [0, 0.05) is 0 Å². The summed E-state index contributed by atoms with van der Waals surface area (Å²) >= 11 is 0. The maximum atomic E-state index is 11.0. The van der Waals surface area contributed by atoms with E-state index in [0.717, 1.165) is 4.57 Å². The minimum Gasteiger partial charge on any atom is -0.464 e. The Morgan fingerprint density at radius 3 is 2.63 bits per heavy atom. The Kier molecular flexibility index (Phi) is 2.64. The summed E-state index contributed by atoms with van der Waals surface area (Å²) in [5, 5.41) is 9.03. The molecule has 0 aliphatic heterocycles. The minimum absolute atomic E-state index is 0.501. The van der Waals surface area contributed by atoms with Gasteiger partial charge in [0.1, 0.15) is 17.6 Å². The van der Waals surface area contributed by atoms with E-state index in [1.165, 1.54) is 6.33 Å². The smallest absolute Gasteiger partial charge is 0.417 e. The summed E-state index contributed by atoms with van der Waals surface area (Å²) in [6.07, 6.45) is 0.199. The topological polar surface area (TPSA) is 64.3 Å². The number of hydrogen-bond acceptors (Lipinski definition) is 3. The molecule has 1 heterocycles. The highest BCUT2D eigenvalue weighted by Gasteiger charge is 2.12. The van der Waals surface area contributed by atoms with E-state index in [1.807, 2.05) is 30.3 Å². The van der Waals surface area contributed by atoms with Crippen molar-refractivity contribution < 1.29 is 14.6 Å². The van der Waals surface area contributed by atoms with Crippen molar-refractivity contribution >= 4 is 17.1 Å². The third-order valence-electron chi connectivity index (χ3n) is 2.72. The molecular formula is C14H10N2O3. The van der Waals surface area contributed by atoms with Gasteiger partial charge in [-0.05, 0) is 24.3 Å². The molecule has 3 rings (SSSR count). The van der Waals surface area contributed by atoms with Crippen molar-refractivity contribution in [2.75, 3.05) is 0 Å². The van der Waals surface area contributed by atoms with Crippen molar-refractivity contribution in [2.24, 2.45) is 0 Å². The molecule has 1 aromatic heterocycles. The van der Waals surface area contributed by atoms with Gasteiger partial charge >= 0.3 is 6.09 Å². The average molecular weight is 254 g/mol. The molecule has 0 bridgehead atoms. The summed E-state index contributed by atoms with van der Waals surface area (Å²) < 4.78 is 6.78. The number of fused-ring (bicyclic) bond motifs is 1. The zero-order valence-corrected chi connectivity index (χ0v) is 9.85. The fourth-order valence-electron chi connectivity index (χ4n) is 1.86. The number of para-hydroxylation sites is 2. The van der Waals surface area contributed by atoms with E-state index in [9.17, 15) is 4.79 Å². The van der Waals surface area contributed by atoms with Crippen LogP contribution in [-0.2, 0) is 0 Å². The predicted octanol–water partition coefficient (Wildman–Crippen LogP) is 3.35. The van der Waals surface area contributed by atoms with Gasteiger partial charge in [0.05, 0.1) is 5.52 Å². The van der Waals surface area contributed by atoms with E-state index in [1.54, 1.807) is 18.2 Å². The number of hydrogen-bond donors (Lipinski definition) is 1. The highest BCUT2D eigenvalue weighted by molar-refractivity contribution is 5.89. The molecule has 0 aliphatic carbocycles. The number of carbonyl (C=O) groups is 1. The van der Waals surface area contributed by atoms with Crippen LogP contribution in [0.4, 0.5) is 4.79 Å². The zero-order chi connectivity index (χ0) is 13.2. The van der Waals surface area contributed by atoms with Crippen LogP contribution < -0.4 is 4.74 Å². The Balaban J connectivity index is 2.07. The Morgan fingerprint density at radius 1 is 1.11 bits per heavy atom. The maximum absolute atomic E-state index is 11.0. The second-order valence-corrected chi connectivity index (χ2v) is 3.94. The van der Waals surface area contributed by atoms with Gasteiger partial charge in [-0.2, -0.15) is 0 Å². The normalized spacial score (nSPS) is 10.5. The molecule has 5 nitrogen and oxygen atoms in total. The van der Waals surface area contributed by atoms with Gasteiger partial charge in [0.25, 0.3) is 0 Å². The summed E-state index contributed by atoms with van der Waals surface area (Å²) in [5.41, 5.74) is 1.02. The third-order valence-corrected chi connectivity index (χ3v) is 2.72. The Hall–Kier alpha value is -2.82. The van der Waals surface area contributed by atoms with Crippen LogP contribution >= 0.6 is 0 Å². The Labute approximate surface area is 108 Å². The van der Waals surface area contributed by atoms with Crippen LogP contribution in [0.3, 0.4) is 0 Å². The number of benzene rings is 2. The number of rotatable bonds is 2. The van der Waals surface area contributed by atoms with Gasteiger partial charge in [-0.15, -0.1) is 0 Å². The predicted molar refractivity (Wildman–Crippen MR) is 69.7 cm³/mol. The summed E-state index contributed by atoms with van der Waals surface area (Å²) in [6.45, 7) is 0. The molecule has 0 radical (unpaired) electrons. The first kappa shape index (κ1) is 11.3. The highest BCUT2D eigenvalue weighted by Crippen LogP contribution is 2.28. The molecule has 0 atom stereocenters. The fraction of sp³-hybridized carbons (Fsp3) is 0. The molecule has 0 spiro atoms. The molecule has 0 saturated heterocycles. The van der Waals surface area contributed by atoms with Crippen LogP contribution in [0.15, 0.2) is 54.9 Å². The molecule has 3 aromatic rings. The first-order valence-electron chi connectivity index (χ1n) is 5.68. The third kappa shape index (κ3) is 2.01. The van der Waals surface area contributed by atoms with Gasteiger partial charge in [-0.3, -0.25) is 0 Å². The van der Waals surface area contributed by atoms with Gasteiger partial charge in [0.2, 0.25) is 0 Å². The lowest BCUT2D eigenvalue weighted by molar-refractivity contribution is 0.197. The largest absolute Gasteiger partial charge is 0.464 e. The van der Waals surface area contributed by atoms with Crippen LogP contribution in [0.25, 0.3) is 11.0 Å². The van der Waals surface area contributed by atoms with Crippen LogP contribution in [0.2, 0.25) is 0 Å². The van der Waals surface area contributed by atoms with E-state index in [4.69, 9.17) is 9.84 Å². The molecule has 19 heavy (non-hydrogen) atoms. The van der Waals surface area contributed by atoms with Crippen molar-refractivity contribution in [3.05, 3.63) is 54.9 Å². The molecule has 0 amide bonds. The van der Waals surface area contributed by atoms with Crippen LogP contribution in [0.5, 0.6) is 11.5 Å². The van der Waals surface area contributed by atoms with Crippen molar-refractivity contribution in [3.63, 3.8) is 0 Å². The monoisotopic (exact) mass is 254 g/mol. The van der Waals surface area contributed by atoms with Crippen molar-refractivity contribution in [3.8, 4) is 11.5 Å². The minimum atomic E-state index is -1.07. The number of carboxylic acid groups (broad SMARTS) is 1. The molecular weight excluding hydrogens is 244 g/mol. The lowest BCUT2D eigenvalue weighted by atomic mass is 10.3. The molecule has 0 fully saturated rings. The molecule has 5 heteroatoms. The Morgan fingerprint density at radius 2 is 1.89 bits per heavy atom. The van der Waals surface area contributed by atoms with Crippen molar-refractivity contribution in [2.45, 2.75) is 0 Å². The zero-order valence-electron chi connectivity index (χ0n) is 9.85. The first-order chi connectivity index (χ1) is 9.25. The van der Waals surface area contributed by atoms with Gasteiger partial charge in [-0.1, -0.05) is 24.3 Å². The van der Waals surface area contributed by atoms with E-state index in [0.29, 0.717) is 22.5 Å². The lowest BCUT2D eigenvalue weighted by Crippen LogP contribution is -2.05. The van der Waals surface area contributed by atoms with Crippen LogP contribution in [0.1, 0.15) is 0 Å². The lowest BCUT2D eigenvalue weighted by Gasteiger charge is -2.06.